The van der Waals surface area contributed by atoms with E-state index in [1.807, 2.05) is 31.2 Å². The fourth-order valence-corrected chi connectivity index (χ4v) is 4.39. The van der Waals surface area contributed by atoms with E-state index in [9.17, 15) is 8.42 Å². The third-order valence-corrected chi connectivity index (χ3v) is 5.94. The highest BCUT2D eigenvalue weighted by molar-refractivity contribution is 9.10. The number of hydrogen-bond acceptors (Lipinski definition) is 3. The van der Waals surface area contributed by atoms with Crippen molar-refractivity contribution in [2.45, 2.75) is 31.1 Å². The predicted octanol–water partition coefficient (Wildman–Crippen LogP) is 2.18. The molecule has 0 saturated carbocycles. The van der Waals surface area contributed by atoms with E-state index in [2.05, 4.69) is 26.0 Å². The number of sulfonamides is 1. The molecule has 106 valence electrons. The van der Waals surface area contributed by atoms with Crippen LogP contribution < -0.4 is 10.0 Å². The molecule has 1 aromatic rings. The molecule has 6 heteroatoms. The molecule has 1 atom stereocenters. The first-order valence-corrected chi connectivity index (χ1v) is 8.80. The van der Waals surface area contributed by atoms with Crippen molar-refractivity contribution < 1.29 is 8.42 Å². The Kier molecular flexibility index (Phi) is 5.00. The number of halogens is 1. The van der Waals surface area contributed by atoms with Gasteiger partial charge in [0.25, 0.3) is 0 Å². The molecule has 0 bridgehead atoms. The topological polar surface area (TPSA) is 58.2 Å². The molecule has 0 aliphatic carbocycles. The summed E-state index contributed by atoms with van der Waals surface area (Å²) in [6.45, 7) is 3.42. The SMILES string of the molecule is CC(NS(=O)(=O)C1CCNCC1)c1cccc(Br)c1. The third-order valence-electron chi connectivity index (χ3n) is 3.41. The summed E-state index contributed by atoms with van der Waals surface area (Å²) in [7, 11) is -3.25. The Hall–Kier alpha value is -0.430. The molecular weight excluding hydrogens is 328 g/mol. The molecule has 4 nitrogen and oxygen atoms in total. The highest BCUT2D eigenvalue weighted by atomic mass is 79.9. The van der Waals surface area contributed by atoms with Gasteiger partial charge in [-0.15, -0.1) is 0 Å². The van der Waals surface area contributed by atoms with E-state index < -0.39 is 10.0 Å². The first-order valence-electron chi connectivity index (χ1n) is 6.46. The molecule has 0 radical (unpaired) electrons. The summed E-state index contributed by atoms with van der Waals surface area (Å²) in [4.78, 5) is 0. The van der Waals surface area contributed by atoms with Crippen LogP contribution in [0.15, 0.2) is 28.7 Å². The van der Waals surface area contributed by atoms with E-state index in [1.165, 1.54) is 0 Å². The molecule has 1 unspecified atom stereocenters. The summed E-state index contributed by atoms with van der Waals surface area (Å²) < 4.78 is 28.4. The van der Waals surface area contributed by atoms with E-state index in [0.29, 0.717) is 12.8 Å². The lowest BCUT2D eigenvalue weighted by molar-refractivity contribution is 0.484. The van der Waals surface area contributed by atoms with Crippen molar-refractivity contribution in [3.8, 4) is 0 Å². The smallest absolute Gasteiger partial charge is 0.215 e. The summed E-state index contributed by atoms with van der Waals surface area (Å²) in [5.41, 5.74) is 0.965. The molecule has 2 N–H and O–H groups in total. The van der Waals surface area contributed by atoms with Crippen molar-refractivity contribution in [1.29, 1.82) is 0 Å². The predicted molar refractivity (Wildman–Crippen MR) is 80.5 cm³/mol. The van der Waals surface area contributed by atoms with Gasteiger partial charge in [0, 0.05) is 10.5 Å². The van der Waals surface area contributed by atoms with Gasteiger partial charge in [0.15, 0.2) is 0 Å². The molecule has 1 fully saturated rings. The quantitative estimate of drug-likeness (QED) is 0.878. The molecule has 1 saturated heterocycles. The third kappa shape index (κ3) is 4.02. The molecule has 1 aliphatic heterocycles. The Morgan fingerprint density at radius 2 is 2.05 bits per heavy atom. The molecule has 1 aromatic carbocycles. The zero-order valence-electron chi connectivity index (χ0n) is 10.9. The van der Waals surface area contributed by atoms with Crippen LogP contribution in [0, 0.1) is 0 Å². The highest BCUT2D eigenvalue weighted by Gasteiger charge is 2.28. The summed E-state index contributed by atoms with van der Waals surface area (Å²) in [5.74, 6) is 0. The number of nitrogens with one attached hydrogen (secondary N) is 2. The highest BCUT2D eigenvalue weighted by Crippen LogP contribution is 2.20. The van der Waals surface area contributed by atoms with Crippen LogP contribution in [-0.4, -0.2) is 26.8 Å². The summed E-state index contributed by atoms with van der Waals surface area (Å²) in [6, 6.07) is 7.50. The van der Waals surface area contributed by atoms with Crippen molar-refractivity contribution >= 4 is 26.0 Å². The van der Waals surface area contributed by atoms with Crippen LogP contribution in [0.4, 0.5) is 0 Å². The Bertz CT molecular complexity index is 527. The number of hydrogen-bond donors (Lipinski definition) is 2. The van der Waals surface area contributed by atoms with Gasteiger partial charge in [-0.2, -0.15) is 0 Å². The summed E-state index contributed by atoms with van der Waals surface area (Å²) >= 11 is 3.40. The Labute approximate surface area is 123 Å². The Balaban J connectivity index is 2.07. The molecular formula is C13H19BrN2O2S. The maximum absolute atomic E-state index is 12.3. The first-order chi connectivity index (χ1) is 8.99. The van der Waals surface area contributed by atoms with Gasteiger partial charge in [0.2, 0.25) is 10.0 Å². The van der Waals surface area contributed by atoms with Gasteiger partial charge in [0.05, 0.1) is 5.25 Å². The zero-order valence-corrected chi connectivity index (χ0v) is 13.3. The summed E-state index contributed by atoms with van der Waals surface area (Å²) in [5, 5.41) is 2.91. The number of piperidine rings is 1. The average Bonchev–Trinajstić information content (AvgIpc) is 2.39. The van der Waals surface area contributed by atoms with Crippen LogP contribution in [0.1, 0.15) is 31.4 Å². The van der Waals surface area contributed by atoms with Gasteiger partial charge in [-0.3, -0.25) is 0 Å². The van der Waals surface area contributed by atoms with Crippen LogP contribution in [0.3, 0.4) is 0 Å². The van der Waals surface area contributed by atoms with Crippen molar-refractivity contribution in [1.82, 2.24) is 10.0 Å². The van der Waals surface area contributed by atoms with Gasteiger partial charge in [-0.05, 0) is 50.6 Å². The van der Waals surface area contributed by atoms with Crippen LogP contribution in [0.2, 0.25) is 0 Å². The maximum Gasteiger partial charge on any atom is 0.215 e. The molecule has 0 spiro atoms. The van der Waals surface area contributed by atoms with Crippen molar-refractivity contribution in [3.05, 3.63) is 34.3 Å². The van der Waals surface area contributed by atoms with Crippen LogP contribution >= 0.6 is 15.9 Å². The van der Waals surface area contributed by atoms with Crippen LogP contribution in [-0.2, 0) is 10.0 Å². The normalized spacial score (nSPS) is 19.3. The molecule has 1 heterocycles. The lowest BCUT2D eigenvalue weighted by atomic mass is 10.1. The lowest BCUT2D eigenvalue weighted by Gasteiger charge is -2.25. The van der Waals surface area contributed by atoms with Gasteiger partial charge in [-0.25, -0.2) is 13.1 Å². The molecule has 0 aromatic heterocycles. The standard InChI is InChI=1S/C13H19BrN2O2S/c1-10(11-3-2-4-12(14)9-11)16-19(17,18)13-5-7-15-8-6-13/h2-4,9-10,13,15-16H,5-8H2,1H3. The second-order valence-electron chi connectivity index (χ2n) is 4.89. The minimum absolute atomic E-state index is 0.211. The second kappa shape index (κ2) is 6.35. The zero-order chi connectivity index (χ0) is 13.9. The minimum Gasteiger partial charge on any atom is -0.317 e. The minimum atomic E-state index is -3.25. The maximum atomic E-state index is 12.3. The number of benzene rings is 1. The first kappa shape index (κ1) is 15.0. The van der Waals surface area contributed by atoms with Crippen molar-refractivity contribution in [3.63, 3.8) is 0 Å². The Morgan fingerprint density at radius 1 is 1.37 bits per heavy atom. The molecule has 1 aliphatic rings. The Morgan fingerprint density at radius 3 is 2.68 bits per heavy atom. The van der Waals surface area contributed by atoms with Gasteiger partial charge in [-0.1, -0.05) is 28.1 Å². The van der Waals surface area contributed by atoms with Crippen LogP contribution in [0.5, 0.6) is 0 Å². The summed E-state index contributed by atoms with van der Waals surface area (Å²) in [6.07, 6.45) is 1.36. The van der Waals surface area contributed by atoms with E-state index in [-0.39, 0.29) is 11.3 Å². The second-order valence-corrected chi connectivity index (χ2v) is 7.80. The van der Waals surface area contributed by atoms with Crippen molar-refractivity contribution in [2.75, 3.05) is 13.1 Å². The fourth-order valence-electron chi connectivity index (χ4n) is 2.29. The van der Waals surface area contributed by atoms with Crippen molar-refractivity contribution in [2.24, 2.45) is 0 Å². The molecule has 19 heavy (non-hydrogen) atoms. The average molecular weight is 347 g/mol. The fraction of sp³-hybridized carbons (Fsp3) is 0.538. The van der Waals surface area contributed by atoms with Gasteiger partial charge in [0.1, 0.15) is 0 Å². The van der Waals surface area contributed by atoms with E-state index in [4.69, 9.17) is 0 Å². The van der Waals surface area contributed by atoms with Crippen LogP contribution in [0.25, 0.3) is 0 Å². The van der Waals surface area contributed by atoms with Gasteiger partial charge < -0.3 is 5.32 Å². The molecule has 0 amide bonds. The number of rotatable bonds is 4. The largest absolute Gasteiger partial charge is 0.317 e. The van der Waals surface area contributed by atoms with E-state index >= 15 is 0 Å². The van der Waals surface area contributed by atoms with E-state index in [1.54, 1.807) is 0 Å². The lowest BCUT2D eigenvalue weighted by Crippen LogP contribution is -2.42. The monoisotopic (exact) mass is 346 g/mol. The molecule has 2 rings (SSSR count). The van der Waals surface area contributed by atoms with E-state index in [0.717, 1.165) is 23.1 Å². The van der Waals surface area contributed by atoms with Gasteiger partial charge >= 0.3 is 0 Å².